The van der Waals surface area contributed by atoms with Crippen molar-refractivity contribution < 1.29 is 17.6 Å². The fourth-order valence-electron chi connectivity index (χ4n) is 5.98. The number of halogens is 1. The van der Waals surface area contributed by atoms with Crippen LogP contribution < -0.4 is 0 Å². The van der Waals surface area contributed by atoms with Crippen molar-refractivity contribution in [1.82, 2.24) is 14.1 Å². The molecule has 166 valence electrons. The van der Waals surface area contributed by atoms with Gasteiger partial charge in [-0.3, -0.25) is 4.79 Å². The first-order valence-corrected chi connectivity index (χ1v) is 12.4. The Morgan fingerprint density at radius 3 is 2.43 bits per heavy atom. The largest absolute Gasteiger partial charge is 0.337 e. The van der Waals surface area contributed by atoms with Gasteiger partial charge in [0.15, 0.2) is 0 Å². The third kappa shape index (κ3) is 3.37. The molecule has 8 heteroatoms. The van der Waals surface area contributed by atoms with E-state index in [1.807, 2.05) is 11.8 Å². The summed E-state index contributed by atoms with van der Waals surface area (Å²) in [4.78, 5) is 17.3. The number of fused-ring (bicyclic) bond motifs is 2. The molecule has 1 aromatic rings. The maximum atomic E-state index is 14.2. The van der Waals surface area contributed by atoms with Crippen LogP contribution in [0, 0.1) is 23.6 Å². The fourth-order valence-corrected chi connectivity index (χ4v) is 7.49. The minimum atomic E-state index is -3.88. The van der Waals surface area contributed by atoms with E-state index >= 15 is 0 Å². The number of sulfonamides is 1. The zero-order valence-corrected chi connectivity index (χ0v) is 18.9. The Labute approximate surface area is 179 Å². The molecule has 3 fully saturated rings. The predicted molar refractivity (Wildman–Crippen MR) is 113 cm³/mol. The summed E-state index contributed by atoms with van der Waals surface area (Å²) in [7, 11) is -3.88. The molecule has 1 spiro atoms. The molecule has 3 aliphatic heterocycles. The Bertz CT molecular complexity index is 912. The van der Waals surface area contributed by atoms with Gasteiger partial charge in [-0.05, 0) is 37.8 Å². The molecule has 4 rings (SSSR count). The Balaban J connectivity index is 1.56. The second-order valence-corrected chi connectivity index (χ2v) is 11.3. The smallest absolute Gasteiger partial charge is 0.245 e. The van der Waals surface area contributed by atoms with Gasteiger partial charge in [-0.2, -0.15) is 4.31 Å². The van der Waals surface area contributed by atoms with E-state index in [4.69, 9.17) is 0 Å². The van der Waals surface area contributed by atoms with Crippen LogP contribution in [-0.2, 0) is 14.8 Å². The number of hydrogen-bond acceptors (Lipinski definition) is 4. The van der Waals surface area contributed by atoms with Gasteiger partial charge in [0.05, 0.1) is 11.5 Å². The first-order valence-electron chi connectivity index (χ1n) is 11.0. The molecule has 0 aliphatic carbocycles. The number of nitrogens with zero attached hydrogens (tertiary/aromatic N) is 3. The Morgan fingerprint density at radius 2 is 1.83 bits per heavy atom. The van der Waals surface area contributed by atoms with Crippen molar-refractivity contribution in [2.24, 2.45) is 17.8 Å². The highest BCUT2D eigenvalue weighted by Crippen LogP contribution is 2.50. The van der Waals surface area contributed by atoms with E-state index in [1.54, 1.807) is 6.07 Å². The molecule has 1 aromatic carbocycles. The van der Waals surface area contributed by atoms with E-state index in [-0.39, 0.29) is 28.2 Å². The molecule has 0 bridgehead atoms. The molecule has 0 aromatic heterocycles. The molecule has 0 N–H and O–H groups in total. The lowest BCUT2D eigenvalue weighted by atomic mass is 9.75. The molecule has 2 atom stereocenters. The Morgan fingerprint density at radius 1 is 1.17 bits per heavy atom. The van der Waals surface area contributed by atoms with Crippen LogP contribution in [0.3, 0.4) is 0 Å². The van der Waals surface area contributed by atoms with E-state index in [0.29, 0.717) is 38.4 Å². The number of likely N-dealkylation sites (tertiary alicyclic amines) is 2. The van der Waals surface area contributed by atoms with Gasteiger partial charge in [-0.15, -0.1) is 0 Å². The molecule has 6 nitrogen and oxygen atoms in total. The van der Waals surface area contributed by atoms with Crippen molar-refractivity contribution in [2.45, 2.75) is 44.0 Å². The van der Waals surface area contributed by atoms with Crippen molar-refractivity contribution in [3.63, 3.8) is 0 Å². The molecule has 0 radical (unpaired) electrons. The highest BCUT2D eigenvalue weighted by atomic mass is 32.2. The quantitative estimate of drug-likeness (QED) is 0.710. The number of benzene rings is 1. The van der Waals surface area contributed by atoms with Crippen LogP contribution in [0.25, 0.3) is 0 Å². The van der Waals surface area contributed by atoms with Crippen molar-refractivity contribution >= 4 is 15.9 Å². The van der Waals surface area contributed by atoms with Gasteiger partial charge in [0.25, 0.3) is 0 Å². The summed E-state index contributed by atoms with van der Waals surface area (Å²) >= 11 is 0. The molecule has 0 saturated carbocycles. The van der Waals surface area contributed by atoms with Gasteiger partial charge < -0.3 is 9.80 Å². The highest BCUT2D eigenvalue weighted by molar-refractivity contribution is 7.89. The third-order valence-electron chi connectivity index (χ3n) is 7.19. The average molecular weight is 438 g/mol. The first kappa shape index (κ1) is 21.7. The highest BCUT2D eigenvalue weighted by Gasteiger charge is 2.61. The SMILES string of the molecule is CCN1C(=O)[C@H]2CN(CC(C)C)C[C@H]2C12CCN(S(=O)(=O)c1ccccc1F)CC2. The number of amides is 1. The number of rotatable bonds is 5. The fraction of sp³-hybridized carbons (Fsp3) is 0.682. The van der Waals surface area contributed by atoms with Gasteiger partial charge in [0.1, 0.15) is 10.7 Å². The summed E-state index contributed by atoms with van der Waals surface area (Å²) in [5, 5.41) is 0. The van der Waals surface area contributed by atoms with Crippen molar-refractivity contribution in [1.29, 1.82) is 0 Å². The zero-order valence-electron chi connectivity index (χ0n) is 18.1. The van der Waals surface area contributed by atoms with Crippen LogP contribution in [0.15, 0.2) is 29.2 Å². The van der Waals surface area contributed by atoms with Gasteiger partial charge in [0.2, 0.25) is 15.9 Å². The molecule has 3 aliphatic rings. The van der Waals surface area contributed by atoms with Crippen molar-refractivity contribution in [3.8, 4) is 0 Å². The van der Waals surface area contributed by atoms with Crippen LogP contribution in [-0.4, -0.2) is 73.2 Å². The number of piperidine rings is 1. The van der Waals surface area contributed by atoms with Crippen LogP contribution in [0.1, 0.15) is 33.6 Å². The van der Waals surface area contributed by atoms with E-state index in [1.165, 1.54) is 22.5 Å². The van der Waals surface area contributed by atoms with Crippen LogP contribution in [0.2, 0.25) is 0 Å². The van der Waals surface area contributed by atoms with E-state index in [2.05, 4.69) is 18.7 Å². The Kier molecular flexibility index (Phi) is 5.70. The number of carbonyl (C=O) groups excluding carboxylic acids is 1. The van der Waals surface area contributed by atoms with Crippen molar-refractivity contribution in [3.05, 3.63) is 30.1 Å². The topological polar surface area (TPSA) is 60.9 Å². The molecule has 30 heavy (non-hydrogen) atoms. The second kappa shape index (κ2) is 7.88. The summed E-state index contributed by atoms with van der Waals surface area (Å²) < 4.78 is 41.6. The van der Waals surface area contributed by atoms with E-state index < -0.39 is 15.8 Å². The van der Waals surface area contributed by atoms with E-state index in [9.17, 15) is 17.6 Å². The van der Waals surface area contributed by atoms with Crippen LogP contribution in [0.5, 0.6) is 0 Å². The Hall–Kier alpha value is -1.51. The summed E-state index contributed by atoms with van der Waals surface area (Å²) in [6, 6.07) is 5.54. The molecular weight excluding hydrogens is 405 g/mol. The predicted octanol–water partition coefficient (Wildman–Crippen LogP) is 2.42. The lowest BCUT2D eigenvalue weighted by Gasteiger charge is -2.47. The van der Waals surface area contributed by atoms with Crippen molar-refractivity contribution in [2.75, 3.05) is 39.3 Å². The van der Waals surface area contributed by atoms with Gasteiger partial charge in [-0.25, -0.2) is 12.8 Å². The number of carbonyl (C=O) groups is 1. The van der Waals surface area contributed by atoms with Gasteiger partial charge in [-0.1, -0.05) is 26.0 Å². The molecule has 0 unspecified atom stereocenters. The monoisotopic (exact) mass is 437 g/mol. The summed E-state index contributed by atoms with van der Waals surface area (Å²) in [6.45, 7) is 10.3. The minimum Gasteiger partial charge on any atom is -0.337 e. The van der Waals surface area contributed by atoms with Gasteiger partial charge >= 0.3 is 0 Å². The number of hydrogen-bond donors (Lipinski definition) is 0. The third-order valence-corrected chi connectivity index (χ3v) is 9.12. The normalized spacial score (nSPS) is 27.4. The summed E-state index contributed by atoms with van der Waals surface area (Å²) in [6.07, 6.45) is 1.22. The summed E-state index contributed by atoms with van der Waals surface area (Å²) in [5.41, 5.74) is -0.288. The lowest BCUT2D eigenvalue weighted by Crippen LogP contribution is -2.57. The molecule has 3 heterocycles. The maximum Gasteiger partial charge on any atom is 0.245 e. The molecule has 1 amide bonds. The average Bonchev–Trinajstić information content (AvgIpc) is 3.20. The lowest BCUT2D eigenvalue weighted by molar-refractivity contribution is -0.135. The molecule has 3 saturated heterocycles. The van der Waals surface area contributed by atoms with Crippen LogP contribution in [0.4, 0.5) is 4.39 Å². The second-order valence-electron chi connectivity index (χ2n) is 9.35. The summed E-state index contributed by atoms with van der Waals surface area (Å²) in [5.74, 6) is 0.300. The minimum absolute atomic E-state index is 0.0124. The van der Waals surface area contributed by atoms with Crippen LogP contribution >= 0.6 is 0 Å². The van der Waals surface area contributed by atoms with Gasteiger partial charge in [0, 0.05) is 45.2 Å². The zero-order chi connectivity index (χ0) is 21.7. The first-order chi connectivity index (χ1) is 14.2. The standard InChI is InChI=1S/C22H32FN3O3S/c1-4-26-21(27)17-14-24(13-16(2)3)15-18(17)22(26)9-11-25(12-10-22)30(28,29)20-8-6-5-7-19(20)23/h5-8,16-18H,4,9-15H2,1-3H3/t17-,18+/m0/s1. The molecular formula is C22H32FN3O3S. The van der Waals surface area contributed by atoms with E-state index in [0.717, 1.165) is 19.6 Å². The maximum absolute atomic E-state index is 14.2.